The molecule has 2 aliphatic rings. The van der Waals surface area contributed by atoms with Gasteiger partial charge in [0.1, 0.15) is 0 Å². The van der Waals surface area contributed by atoms with Crippen LogP contribution in [0.15, 0.2) is 0 Å². The van der Waals surface area contributed by atoms with Crippen molar-refractivity contribution in [3.63, 3.8) is 0 Å². The van der Waals surface area contributed by atoms with Crippen LogP contribution in [-0.4, -0.2) is 30.1 Å². The van der Waals surface area contributed by atoms with Gasteiger partial charge < -0.3 is 5.73 Å². The smallest absolute Gasteiger partial charge is 0.0224 e. The van der Waals surface area contributed by atoms with E-state index in [1.807, 2.05) is 0 Å². The topological polar surface area (TPSA) is 29.0 Å². The van der Waals surface area contributed by atoms with E-state index in [0.717, 1.165) is 24.9 Å². The van der Waals surface area contributed by atoms with Crippen LogP contribution in [0.2, 0.25) is 0 Å². The highest BCUT2D eigenvalue weighted by molar-refractivity contribution is 4.91. The molecular formula is C14H28N2. The van der Waals surface area contributed by atoms with Gasteiger partial charge in [-0.15, -0.1) is 0 Å². The molecule has 1 aliphatic heterocycles. The van der Waals surface area contributed by atoms with E-state index < -0.39 is 0 Å². The Labute approximate surface area is 101 Å². The van der Waals surface area contributed by atoms with Crippen LogP contribution in [0.5, 0.6) is 0 Å². The van der Waals surface area contributed by atoms with E-state index in [2.05, 4.69) is 11.8 Å². The summed E-state index contributed by atoms with van der Waals surface area (Å²) in [5.74, 6) is 1.05. The van der Waals surface area contributed by atoms with Gasteiger partial charge in [0.15, 0.2) is 0 Å². The molecule has 2 N–H and O–H groups in total. The van der Waals surface area contributed by atoms with Gasteiger partial charge in [0.05, 0.1) is 0 Å². The fraction of sp³-hybridized carbons (Fsp3) is 1.00. The molecule has 94 valence electrons. The van der Waals surface area contributed by atoms with Gasteiger partial charge in [-0.1, -0.05) is 39.0 Å². The third-order valence-corrected chi connectivity index (χ3v) is 4.45. The summed E-state index contributed by atoms with van der Waals surface area (Å²) in [5, 5.41) is 0. The zero-order valence-corrected chi connectivity index (χ0v) is 10.8. The highest BCUT2D eigenvalue weighted by Gasteiger charge is 2.34. The Morgan fingerprint density at radius 2 is 1.94 bits per heavy atom. The first-order valence-electron chi connectivity index (χ1n) is 7.29. The summed E-state index contributed by atoms with van der Waals surface area (Å²) in [5.41, 5.74) is 5.97. The minimum Gasteiger partial charge on any atom is -0.327 e. The Morgan fingerprint density at radius 3 is 2.62 bits per heavy atom. The second-order valence-electron chi connectivity index (χ2n) is 5.86. The molecule has 3 unspecified atom stereocenters. The number of nitrogens with two attached hydrogens (primary N) is 1. The molecule has 1 saturated carbocycles. The highest BCUT2D eigenvalue weighted by Crippen LogP contribution is 2.31. The van der Waals surface area contributed by atoms with E-state index in [0.29, 0.717) is 6.04 Å². The summed E-state index contributed by atoms with van der Waals surface area (Å²) in [6.07, 6.45) is 11.5. The van der Waals surface area contributed by atoms with Crippen molar-refractivity contribution in [2.75, 3.05) is 13.1 Å². The average molecular weight is 224 g/mol. The Hall–Kier alpha value is -0.0800. The molecule has 0 aromatic heterocycles. The molecule has 0 aromatic carbocycles. The lowest BCUT2D eigenvalue weighted by Crippen LogP contribution is -2.28. The average Bonchev–Trinajstić information content (AvgIpc) is 3.06. The molecule has 2 heteroatoms. The van der Waals surface area contributed by atoms with Crippen molar-refractivity contribution < 1.29 is 0 Å². The highest BCUT2D eigenvalue weighted by atomic mass is 15.3. The third-order valence-electron chi connectivity index (χ3n) is 4.45. The molecule has 1 heterocycles. The minimum atomic E-state index is 0.402. The number of hydrogen-bond acceptors (Lipinski definition) is 2. The summed E-state index contributed by atoms with van der Waals surface area (Å²) in [7, 11) is 0. The van der Waals surface area contributed by atoms with Gasteiger partial charge in [-0.2, -0.15) is 0 Å². The minimum absolute atomic E-state index is 0.402. The second-order valence-corrected chi connectivity index (χ2v) is 5.86. The second kappa shape index (κ2) is 6.02. The van der Waals surface area contributed by atoms with Crippen LogP contribution in [0.1, 0.15) is 58.3 Å². The van der Waals surface area contributed by atoms with Crippen molar-refractivity contribution >= 4 is 0 Å². The molecule has 0 aromatic rings. The maximum absolute atomic E-state index is 5.97. The molecule has 3 atom stereocenters. The SMILES string of the molecule is CCC(N)CN1CC1CCC1CCCCC1. The summed E-state index contributed by atoms with van der Waals surface area (Å²) < 4.78 is 0. The number of rotatable bonds is 6. The summed E-state index contributed by atoms with van der Waals surface area (Å²) in [6, 6.07) is 1.29. The van der Waals surface area contributed by atoms with Crippen molar-refractivity contribution in [3.05, 3.63) is 0 Å². The van der Waals surface area contributed by atoms with Crippen LogP contribution in [0.3, 0.4) is 0 Å². The van der Waals surface area contributed by atoms with Gasteiger partial charge in [-0.25, -0.2) is 0 Å². The van der Waals surface area contributed by atoms with Crippen molar-refractivity contribution in [1.29, 1.82) is 0 Å². The summed E-state index contributed by atoms with van der Waals surface area (Å²) in [4.78, 5) is 2.57. The summed E-state index contributed by atoms with van der Waals surface area (Å²) in [6.45, 7) is 4.64. The quantitative estimate of drug-likeness (QED) is 0.703. The Balaban J connectivity index is 1.55. The van der Waals surface area contributed by atoms with E-state index >= 15 is 0 Å². The first kappa shape index (κ1) is 12.4. The van der Waals surface area contributed by atoms with E-state index in [4.69, 9.17) is 5.73 Å². The third kappa shape index (κ3) is 3.74. The van der Waals surface area contributed by atoms with E-state index in [1.54, 1.807) is 0 Å². The lowest BCUT2D eigenvalue weighted by Gasteiger charge is -2.21. The zero-order chi connectivity index (χ0) is 11.4. The first-order valence-corrected chi connectivity index (χ1v) is 7.29. The van der Waals surface area contributed by atoms with Crippen LogP contribution >= 0.6 is 0 Å². The molecule has 0 amide bonds. The van der Waals surface area contributed by atoms with Crippen LogP contribution in [0.25, 0.3) is 0 Å². The predicted octanol–water partition coefficient (Wildman–Crippen LogP) is 2.77. The molecule has 16 heavy (non-hydrogen) atoms. The van der Waals surface area contributed by atoms with Crippen LogP contribution in [-0.2, 0) is 0 Å². The maximum atomic E-state index is 5.97. The Kier molecular flexibility index (Phi) is 4.66. The van der Waals surface area contributed by atoms with E-state index in [-0.39, 0.29) is 0 Å². The lowest BCUT2D eigenvalue weighted by atomic mass is 9.86. The molecule has 2 nitrogen and oxygen atoms in total. The van der Waals surface area contributed by atoms with E-state index in [9.17, 15) is 0 Å². The molecule has 0 radical (unpaired) electrons. The number of nitrogens with zero attached hydrogens (tertiary/aromatic N) is 1. The maximum Gasteiger partial charge on any atom is 0.0224 e. The molecule has 0 bridgehead atoms. The van der Waals surface area contributed by atoms with Gasteiger partial charge in [-0.3, -0.25) is 4.90 Å². The van der Waals surface area contributed by atoms with Crippen LogP contribution < -0.4 is 5.73 Å². The number of hydrogen-bond donors (Lipinski definition) is 1. The lowest BCUT2D eigenvalue weighted by molar-refractivity contribution is 0.322. The van der Waals surface area contributed by atoms with Crippen molar-refractivity contribution in [3.8, 4) is 0 Å². The van der Waals surface area contributed by atoms with Gasteiger partial charge in [0.2, 0.25) is 0 Å². The predicted molar refractivity (Wildman–Crippen MR) is 69.4 cm³/mol. The Bertz CT molecular complexity index is 199. The van der Waals surface area contributed by atoms with E-state index in [1.165, 1.54) is 51.5 Å². The zero-order valence-electron chi connectivity index (χ0n) is 10.8. The largest absolute Gasteiger partial charge is 0.327 e. The first-order chi connectivity index (χ1) is 7.79. The van der Waals surface area contributed by atoms with Crippen molar-refractivity contribution in [1.82, 2.24) is 4.90 Å². The molecule has 0 spiro atoms. The van der Waals surface area contributed by atoms with Crippen LogP contribution in [0, 0.1) is 5.92 Å². The Morgan fingerprint density at radius 1 is 1.19 bits per heavy atom. The van der Waals surface area contributed by atoms with Crippen LogP contribution in [0.4, 0.5) is 0 Å². The normalized spacial score (nSPS) is 32.6. The fourth-order valence-corrected chi connectivity index (χ4v) is 3.06. The molecular weight excluding hydrogens is 196 g/mol. The molecule has 2 fully saturated rings. The molecule has 1 aliphatic carbocycles. The molecule has 1 saturated heterocycles. The summed E-state index contributed by atoms with van der Waals surface area (Å²) >= 11 is 0. The monoisotopic (exact) mass is 224 g/mol. The fourth-order valence-electron chi connectivity index (χ4n) is 3.06. The molecule has 2 rings (SSSR count). The van der Waals surface area contributed by atoms with Gasteiger partial charge >= 0.3 is 0 Å². The van der Waals surface area contributed by atoms with Crippen molar-refractivity contribution in [2.45, 2.75) is 70.4 Å². The van der Waals surface area contributed by atoms with Gasteiger partial charge in [0, 0.05) is 25.2 Å². The standard InChI is InChI=1S/C14H28N2/c1-2-13(15)10-16-11-14(16)9-8-12-6-4-3-5-7-12/h12-14H,2-11,15H2,1H3. The van der Waals surface area contributed by atoms with Gasteiger partial charge in [-0.05, 0) is 25.2 Å². The van der Waals surface area contributed by atoms with Gasteiger partial charge in [0.25, 0.3) is 0 Å². The van der Waals surface area contributed by atoms with Crippen molar-refractivity contribution in [2.24, 2.45) is 11.7 Å².